The highest BCUT2D eigenvalue weighted by atomic mass is 35.5. The Kier molecular flexibility index (Phi) is 7.98. The third-order valence-corrected chi connectivity index (χ3v) is 7.67. The Morgan fingerprint density at radius 1 is 1.12 bits per heavy atom. The second-order valence-corrected chi connectivity index (χ2v) is 10.4. The number of pyridine rings is 1. The van der Waals surface area contributed by atoms with Crippen molar-refractivity contribution in [3.8, 4) is 17.4 Å². The van der Waals surface area contributed by atoms with Crippen LogP contribution in [0, 0.1) is 0 Å². The van der Waals surface area contributed by atoms with Gasteiger partial charge in [0.1, 0.15) is 23.4 Å². The fourth-order valence-corrected chi connectivity index (χ4v) is 4.90. The topological polar surface area (TPSA) is 122 Å². The van der Waals surface area contributed by atoms with E-state index in [1.165, 1.54) is 26.6 Å². The molecule has 3 heterocycles. The number of hydrogen-bond acceptors (Lipinski definition) is 9. The van der Waals surface area contributed by atoms with Crippen molar-refractivity contribution in [2.45, 2.75) is 50.3 Å². The molecule has 0 saturated carbocycles. The van der Waals surface area contributed by atoms with Gasteiger partial charge in [-0.2, -0.15) is 0 Å². The average molecular weight is 495 g/mol. The van der Waals surface area contributed by atoms with Gasteiger partial charge in [0.25, 0.3) is 0 Å². The van der Waals surface area contributed by atoms with Crippen LogP contribution in [0.15, 0.2) is 30.6 Å². The molecule has 10 nitrogen and oxygen atoms in total. The van der Waals surface area contributed by atoms with Gasteiger partial charge < -0.3 is 14.0 Å². The number of aromatic nitrogens is 6. The molecule has 0 amide bonds. The maximum Gasteiger partial charge on any atom is 0.213 e. The summed E-state index contributed by atoms with van der Waals surface area (Å²) in [5, 5.41) is 7.90. The largest absolute Gasteiger partial charge is 0.481 e. The molecule has 3 atom stereocenters. The first kappa shape index (κ1) is 25.0. The lowest BCUT2D eigenvalue weighted by Crippen LogP contribution is -2.30. The minimum absolute atomic E-state index is 0.0543. The summed E-state index contributed by atoms with van der Waals surface area (Å²) >= 11 is 5.85. The van der Waals surface area contributed by atoms with Gasteiger partial charge in [-0.3, -0.25) is 0 Å². The molecule has 12 heteroatoms. The molecule has 0 bridgehead atoms. The summed E-state index contributed by atoms with van der Waals surface area (Å²) in [4.78, 5) is 12.7. The monoisotopic (exact) mass is 494 g/mol. The van der Waals surface area contributed by atoms with E-state index in [0.717, 1.165) is 6.42 Å². The number of ether oxygens (including phenoxy) is 2. The van der Waals surface area contributed by atoms with Crippen LogP contribution in [-0.2, 0) is 20.3 Å². The third-order valence-electron chi connectivity index (χ3n) is 5.43. The average Bonchev–Trinajstić information content (AvgIpc) is 3.23. The number of halogens is 1. The van der Waals surface area contributed by atoms with Gasteiger partial charge in [-0.05, 0) is 26.3 Å². The highest BCUT2D eigenvalue weighted by Gasteiger charge is 2.35. The van der Waals surface area contributed by atoms with E-state index in [9.17, 15) is 8.42 Å². The Labute approximate surface area is 198 Å². The highest BCUT2D eigenvalue weighted by molar-refractivity contribution is 7.91. The van der Waals surface area contributed by atoms with Crippen molar-refractivity contribution < 1.29 is 17.9 Å². The maximum absolute atomic E-state index is 13.4. The molecule has 0 aromatic carbocycles. The van der Waals surface area contributed by atoms with Crippen molar-refractivity contribution in [3.05, 3.63) is 47.3 Å². The molecule has 0 aliphatic carbocycles. The molecule has 33 heavy (non-hydrogen) atoms. The number of rotatable bonds is 10. The third kappa shape index (κ3) is 5.48. The summed E-state index contributed by atoms with van der Waals surface area (Å²) in [7, 11) is -0.786. The fourth-order valence-electron chi connectivity index (χ4n) is 3.37. The molecular formula is C21H27ClN6O4S. The predicted octanol–water partition coefficient (Wildman–Crippen LogP) is 3.45. The van der Waals surface area contributed by atoms with E-state index in [2.05, 4.69) is 25.1 Å². The molecule has 0 saturated heterocycles. The van der Waals surface area contributed by atoms with Crippen molar-refractivity contribution in [2.24, 2.45) is 0 Å². The molecule has 0 fully saturated rings. The Balaban J connectivity index is 1.97. The zero-order valence-electron chi connectivity index (χ0n) is 19.1. The standard InChI is InChI=1S/C21H27ClN6O4S/c1-6-13(2)28-17(26-27-21(28)16-8-7-9-18(25-16)31-4)12-33(29,30)14(3)19(32-5)20-23-10-15(22)11-24-20/h7-11,13-14,19H,6,12H2,1-5H3/t13-,14-,19-/m0/s1. The number of methoxy groups -OCH3 is 2. The molecule has 0 radical (unpaired) electrons. The highest BCUT2D eigenvalue weighted by Crippen LogP contribution is 2.29. The number of sulfone groups is 1. The normalized spacial score (nSPS) is 14.6. The molecule has 3 aromatic heterocycles. The van der Waals surface area contributed by atoms with Crippen LogP contribution in [0.4, 0.5) is 0 Å². The number of hydrogen-bond donors (Lipinski definition) is 0. The van der Waals surface area contributed by atoms with E-state index in [-0.39, 0.29) is 17.6 Å². The van der Waals surface area contributed by atoms with Gasteiger partial charge in [0.15, 0.2) is 21.5 Å². The first-order chi connectivity index (χ1) is 15.7. The minimum atomic E-state index is -3.74. The quantitative estimate of drug-likeness (QED) is 0.417. The van der Waals surface area contributed by atoms with Crippen molar-refractivity contribution >= 4 is 21.4 Å². The molecule has 178 valence electrons. The summed E-state index contributed by atoms with van der Waals surface area (Å²) in [5.41, 5.74) is 0.545. The van der Waals surface area contributed by atoms with Gasteiger partial charge in [0, 0.05) is 31.6 Å². The predicted molar refractivity (Wildman–Crippen MR) is 124 cm³/mol. The van der Waals surface area contributed by atoms with Gasteiger partial charge in [-0.15, -0.1) is 10.2 Å². The first-order valence-corrected chi connectivity index (χ1v) is 12.5. The zero-order chi connectivity index (χ0) is 24.2. The second kappa shape index (κ2) is 10.5. The van der Waals surface area contributed by atoms with E-state index in [4.69, 9.17) is 21.1 Å². The van der Waals surface area contributed by atoms with Gasteiger partial charge in [0.05, 0.1) is 17.4 Å². The van der Waals surface area contributed by atoms with Crippen molar-refractivity contribution in [3.63, 3.8) is 0 Å². The molecular weight excluding hydrogens is 468 g/mol. The maximum atomic E-state index is 13.4. The van der Waals surface area contributed by atoms with E-state index in [1.807, 2.05) is 18.4 Å². The van der Waals surface area contributed by atoms with Crippen molar-refractivity contribution in [1.29, 1.82) is 0 Å². The molecule has 0 unspecified atom stereocenters. The van der Waals surface area contributed by atoms with Crippen LogP contribution in [0.1, 0.15) is 51.0 Å². The van der Waals surface area contributed by atoms with Gasteiger partial charge in [0.2, 0.25) is 5.88 Å². The Morgan fingerprint density at radius 2 is 1.82 bits per heavy atom. The first-order valence-electron chi connectivity index (χ1n) is 10.4. The van der Waals surface area contributed by atoms with E-state index in [1.54, 1.807) is 25.1 Å². The SMILES string of the molecule is CC[C@H](C)n1c(CS(=O)(=O)[C@@H](C)[C@H](OC)c2ncc(Cl)cn2)nnc1-c1cccc(OC)n1. The molecule has 0 N–H and O–H groups in total. The zero-order valence-corrected chi connectivity index (χ0v) is 20.7. The van der Waals surface area contributed by atoms with Crippen LogP contribution in [0.5, 0.6) is 5.88 Å². The summed E-state index contributed by atoms with van der Waals surface area (Å²) in [6, 6.07) is 5.25. The lowest BCUT2D eigenvalue weighted by Gasteiger charge is -2.22. The molecule has 3 rings (SSSR count). The van der Waals surface area contributed by atoms with Gasteiger partial charge in [-0.1, -0.05) is 24.6 Å². The summed E-state index contributed by atoms with van der Waals surface area (Å²) in [6.07, 6.45) is 2.69. The molecule has 0 spiro atoms. The molecule has 0 aliphatic rings. The summed E-state index contributed by atoms with van der Waals surface area (Å²) < 4.78 is 39.2. The van der Waals surface area contributed by atoms with Crippen LogP contribution in [0.3, 0.4) is 0 Å². The lowest BCUT2D eigenvalue weighted by atomic mass is 10.2. The van der Waals surface area contributed by atoms with E-state index >= 15 is 0 Å². The van der Waals surface area contributed by atoms with Crippen LogP contribution < -0.4 is 4.74 Å². The smallest absolute Gasteiger partial charge is 0.213 e. The van der Waals surface area contributed by atoms with Crippen molar-refractivity contribution in [1.82, 2.24) is 29.7 Å². The summed E-state index contributed by atoms with van der Waals surface area (Å²) in [5.74, 6) is 1.14. The molecule has 3 aromatic rings. The summed E-state index contributed by atoms with van der Waals surface area (Å²) in [6.45, 7) is 5.55. The Hall–Kier alpha value is -2.63. The van der Waals surface area contributed by atoms with Gasteiger partial charge in [-0.25, -0.2) is 23.4 Å². The van der Waals surface area contributed by atoms with E-state index < -0.39 is 21.2 Å². The molecule has 0 aliphatic heterocycles. The van der Waals surface area contributed by atoms with Crippen molar-refractivity contribution in [2.75, 3.05) is 14.2 Å². The van der Waals surface area contributed by atoms with Crippen LogP contribution in [-0.4, -0.2) is 57.6 Å². The van der Waals surface area contributed by atoms with Gasteiger partial charge >= 0.3 is 0 Å². The van der Waals surface area contributed by atoms with Crippen LogP contribution >= 0.6 is 11.6 Å². The van der Waals surface area contributed by atoms with Crippen LogP contribution in [0.25, 0.3) is 11.5 Å². The Bertz CT molecular complexity index is 1190. The Morgan fingerprint density at radius 3 is 2.42 bits per heavy atom. The van der Waals surface area contributed by atoms with E-state index in [0.29, 0.717) is 28.2 Å². The second-order valence-electron chi connectivity index (χ2n) is 7.56. The lowest BCUT2D eigenvalue weighted by molar-refractivity contribution is 0.0948. The van der Waals surface area contributed by atoms with Crippen LogP contribution in [0.2, 0.25) is 5.02 Å². The minimum Gasteiger partial charge on any atom is -0.481 e. The fraction of sp³-hybridized carbons (Fsp3) is 0.476. The number of nitrogens with zero attached hydrogens (tertiary/aromatic N) is 6.